The lowest BCUT2D eigenvalue weighted by atomic mass is 10.1. The molecule has 2 aromatic rings. The molecule has 1 N–H and O–H groups in total. The highest BCUT2D eigenvalue weighted by molar-refractivity contribution is 5.94. The molecule has 1 aromatic carbocycles. The van der Waals surface area contributed by atoms with Gasteiger partial charge in [-0.15, -0.1) is 0 Å². The Morgan fingerprint density at radius 2 is 2.22 bits per heavy atom. The fourth-order valence-corrected chi connectivity index (χ4v) is 2.88. The van der Waals surface area contributed by atoms with E-state index in [-0.39, 0.29) is 6.04 Å². The zero-order chi connectivity index (χ0) is 12.7. The normalized spacial score (nSPS) is 19.6. The number of hydrogen-bond acceptors (Lipinski definition) is 2. The maximum atomic E-state index is 11.3. The fourth-order valence-electron chi connectivity index (χ4n) is 2.88. The highest BCUT2D eigenvalue weighted by Crippen LogP contribution is 2.32. The van der Waals surface area contributed by atoms with E-state index in [0.29, 0.717) is 0 Å². The number of aliphatic carboxylic acids is 1. The summed E-state index contributed by atoms with van der Waals surface area (Å²) in [6.07, 6.45) is 3.69. The molecule has 1 saturated heterocycles. The van der Waals surface area contributed by atoms with E-state index in [4.69, 9.17) is 0 Å². The molecule has 0 spiro atoms. The van der Waals surface area contributed by atoms with Crippen molar-refractivity contribution in [1.29, 1.82) is 0 Å². The van der Waals surface area contributed by atoms with Crippen molar-refractivity contribution in [2.45, 2.75) is 18.9 Å². The van der Waals surface area contributed by atoms with E-state index in [1.165, 1.54) is 0 Å². The third kappa shape index (κ3) is 1.56. The van der Waals surface area contributed by atoms with Crippen molar-refractivity contribution in [3.63, 3.8) is 0 Å². The summed E-state index contributed by atoms with van der Waals surface area (Å²) < 4.78 is 2.06. The van der Waals surface area contributed by atoms with E-state index in [1.807, 2.05) is 30.3 Å². The quantitative estimate of drug-likeness (QED) is 0.881. The first kappa shape index (κ1) is 11.1. The number of hydrogen-bond donors (Lipinski definition) is 1. The smallest absolute Gasteiger partial charge is 0.326 e. The van der Waals surface area contributed by atoms with Crippen LogP contribution in [-0.2, 0) is 11.8 Å². The van der Waals surface area contributed by atoms with Crippen molar-refractivity contribution in [2.24, 2.45) is 7.05 Å². The maximum Gasteiger partial charge on any atom is 0.326 e. The van der Waals surface area contributed by atoms with Gasteiger partial charge >= 0.3 is 5.97 Å². The molecule has 1 aromatic heterocycles. The molecule has 1 atom stereocenters. The monoisotopic (exact) mass is 244 g/mol. The molecule has 1 aliphatic rings. The molecule has 1 fully saturated rings. The van der Waals surface area contributed by atoms with Gasteiger partial charge in [0, 0.05) is 25.2 Å². The number of carboxylic acids is 1. The Labute approximate surface area is 105 Å². The van der Waals surface area contributed by atoms with E-state index >= 15 is 0 Å². The minimum atomic E-state index is -0.723. The van der Waals surface area contributed by atoms with Crippen LogP contribution in [0.15, 0.2) is 30.5 Å². The fraction of sp³-hybridized carbons (Fsp3) is 0.357. The largest absolute Gasteiger partial charge is 0.480 e. The van der Waals surface area contributed by atoms with Gasteiger partial charge < -0.3 is 14.6 Å². The Morgan fingerprint density at radius 1 is 1.39 bits per heavy atom. The summed E-state index contributed by atoms with van der Waals surface area (Å²) in [6.45, 7) is 0.821. The predicted molar refractivity (Wildman–Crippen MR) is 70.9 cm³/mol. The minimum Gasteiger partial charge on any atom is -0.480 e. The Hall–Kier alpha value is -1.97. The molecule has 1 unspecified atom stereocenters. The first-order valence-electron chi connectivity index (χ1n) is 6.22. The van der Waals surface area contributed by atoms with Crippen molar-refractivity contribution in [2.75, 3.05) is 11.4 Å². The van der Waals surface area contributed by atoms with Crippen LogP contribution >= 0.6 is 0 Å². The molecule has 18 heavy (non-hydrogen) atoms. The molecule has 0 aliphatic carbocycles. The van der Waals surface area contributed by atoms with Gasteiger partial charge in [0.05, 0.1) is 11.2 Å². The average molecular weight is 244 g/mol. The number of aromatic nitrogens is 1. The van der Waals surface area contributed by atoms with Gasteiger partial charge in [-0.05, 0) is 25.0 Å². The molecule has 0 radical (unpaired) electrons. The molecular weight excluding hydrogens is 228 g/mol. The van der Waals surface area contributed by atoms with Crippen LogP contribution in [0.25, 0.3) is 10.9 Å². The first-order valence-corrected chi connectivity index (χ1v) is 6.22. The van der Waals surface area contributed by atoms with Gasteiger partial charge in [0.1, 0.15) is 6.04 Å². The number of anilines is 1. The third-order valence-electron chi connectivity index (χ3n) is 3.72. The van der Waals surface area contributed by atoms with Gasteiger partial charge in [-0.3, -0.25) is 0 Å². The van der Waals surface area contributed by atoms with Crippen LogP contribution in [0, 0.1) is 0 Å². The lowest BCUT2D eigenvalue weighted by Gasteiger charge is -2.25. The number of rotatable bonds is 2. The van der Waals surface area contributed by atoms with Crippen LogP contribution in [0.1, 0.15) is 12.8 Å². The number of carboxylic acid groups (broad SMARTS) is 1. The van der Waals surface area contributed by atoms with E-state index < -0.39 is 5.97 Å². The molecule has 3 rings (SSSR count). The topological polar surface area (TPSA) is 45.5 Å². The van der Waals surface area contributed by atoms with Crippen molar-refractivity contribution in [3.8, 4) is 0 Å². The van der Waals surface area contributed by atoms with Gasteiger partial charge in [0.15, 0.2) is 0 Å². The second kappa shape index (κ2) is 4.05. The van der Waals surface area contributed by atoms with Crippen LogP contribution in [0.2, 0.25) is 0 Å². The summed E-state index contributed by atoms with van der Waals surface area (Å²) in [7, 11) is 2.00. The predicted octanol–water partition coefficient (Wildman–Crippen LogP) is 2.23. The van der Waals surface area contributed by atoms with Gasteiger partial charge in [0.2, 0.25) is 0 Å². The zero-order valence-corrected chi connectivity index (χ0v) is 10.3. The number of benzene rings is 1. The van der Waals surface area contributed by atoms with E-state index in [2.05, 4.69) is 16.7 Å². The first-order chi connectivity index (χ1) is 8.68. The SMILES string of the molecule is Cn1ccc2cccc(N3CCCC3C(=O)O)c21. The van der Waals surface area contributed by atoms with E-state index in [9.17, 15) is 9.90 Å². The number of fused-ring (bicyclic) bond motifs is 1. The second-order valence-electron chi connectivity index (χ2n) is 4.83. The standard InChI is InChI=1S/C14H16N2O2/c1-15-9-7-10-4-2-5-11(13(10)15)16-8-3-6-12(16)14(17)18/h2,4-5,7,9,12H,3,6,8H2,1H3,(H,17,18). The molecule has 2 heterocycles. The van der Waals surface area contributed by atoms with Crippen LogP contribution in [0.3, 0.4) is 0 Å². The number of aryl methyl sites for hydroxylation is 1. The molecule has 1 aliphatic heterocycles. The lowest BCUT2D eigenvalue weighted by Crippen LogP contribution is -2.36. The Bertz CT molecular complexity index is 603. The summed E-state index contributed by atoms with van der Waals surface area (Å²) in [6, 6.07) is 7.75. The molecule has 0 amide bonds. The zero-order valence-electron chi connectivity index (χ0n) is 10.3. The summed E-state index contributed by atoms with van der Waals surface area (Å²) in [5.41, 5.74) is 2.15. The van der Waals surface area contributed by atoms with Crippen molar-refractivity contribution in [1.82, 2.24) is 4.57 Å². The van der Waals surface area contributed by atoms with Crippen molar-refractivity contribution in [3.05, 3.63) is 30.5 Å². The van der Waals surface area contributed by atoms with Crippen LogP contribution in [0.4, 0.5) is 5.69 Å². The van der Waals surface area contributed by atoms with Crippen molar-refractivity contribution < 1.29 is 9.90 Å². The van der Waals surface area contributed by atoms with Gasteiger partial charge in [-0.1, -0.05) is 12.1 Å². The molecule has 0 bridgehead atoms. The van der Waals surface area contributed by atoms with Crippen LogP contribution in [0.5, 0.6) is 0 Å². The average Bonchev–Trinajstić information content (AvgIpc) is 2.96. The molecule has 4 heteroatoms. The third-order valence-corrected chi connectivity index (χ3v) is 3.72. The molecule has 4 nitrogen and oxygen atoms in total. The van der Waals surface area contributed by atoms with Crippen molar-refractivity contribution >= 4 is 22.6 Å². The number of carbonyl (C=O) groups is 1. The van der Waals surface area contributed by atoms with Gasteiger partial charge in [-0.25, -0.2) is 4.79 Å². The number of para-hydroxylation sites is 1. The van der Waals surface area contributed by atoms with E-state index in [1.54, 1.807) is 0 Å². The van der Waals surface area contributed by atoms with Crippen LogP contribution < -0.4 is 4.90 Å². The molecule has 94 valence electrons. The van der Waals surface area contributed by atoms with Gasteiger partial charge in [-0.2, -0.15) is 0 Å². The minimum absolute atomic E-state index is 0.384. The van der Waals surface area contributed by atoms with Gasteiger partial charge in [0.25, 0.3) is 0 Å². The maximum absolute atomic E-state index is 11.3. The Balaban J connectivity index is 2.14. The second-order valence-corrected chi connectivity index (χ2v) is 4.83. The molecule has 0 saturated carbocycles. The summed E-state index contributed by atoms with van der Waals surface area (Å²) in [5.74, 6) is -0.723. The highest BCUT2D eigenvalue weighted by atomic mass is 16.4. The summed E-state index contributed by atoms with van der Waals surface area (Å²) in [4.78, 5) is 13.3. The summed E-state index contributed by atoms with van der Waals surface area (Å²) >= 11 is 0. The molecular formula is C14H16N2O2. The summed E-state index contributed by atoms with van der Waals surface area (Å²) in [5, 5.41) is 10.4. The number of nitrogens with zero attached hydrogens (tertiary/aromatic N) is 2. The van der Waals surface area contributed by atoms with E-state index in [0.717, 1.165) is 36.0 Å². The Morgan fingerprint density at radius 3 is 3.00 bits per heavy atom. The van der Waals surface area contributed by atoms with Crippen LogP contribution in [-0.4, -0.2) is 28.2 Å². The highest BCUT2D eigenvalue weighted by Gasteiger charge is 2.31. The Kier molecular flexibility index (Phi) is 2.51. The lowest BCUT2D eigenvalue weighted by molar-refractivity contribution is -0.138.